The highest BCUT2D eigenvalue weighted by molar-refractivity contribution is 7.64. The van der Waals surface area contributed by atoms with Gasteiger partial charge in [-0.15, -0.1) is 0 Å². The molecular weight excluding hydrogens is 367 g/mol. The van der Waals surface area contributed by atoms with Gasteiger partial charge in [-0.3, -0.25) is 0 Å². The van der Waals surface area contributed by atoms with Gasteiger partial charge in [-0.25, -0.2) is 0 Å². The number of hydrogen-bond donors (Lipinski definition) is 0. The average Bonchev–Trinajstić information content (AvgIpc) is 3.27. The van der Waals surface area contributed by atoms with Crippen molar-refractivity contribution in [3.8, 4) is 0 Å². The maximum Gasteiger partial charge on any atom is 0.0276 e. The predicted molar refractivity (Wildman–Crippen MR) is 122 cm³/mol. The van der Waals surface area contributed by atoms with E-state index < -0.39 is 0 Å². The van der Waals surface area contributed by atoms with Gasteiger partial charge in [0, 0.05) is 5.41 Å². The van der Waals surface area contributed by atoms with Gasteiger partial charge in [0.25, 0.3) is 0 Å². The highest BCUT2D eigenvalue weighted by Crippen LogP contribution is 2.66. The number of benzene rings is 3. The van der Waals surface area contributed by atoms with Crippen LogP contribution in [0.4, 0.5) is 0 Å². The van der Waals surface area contributed by atoms with Crippen molar-refractivity contribution in [3.05, 3.63) is 100 Å². The minimum absolute atomic E-state index is 0.209. The fraction of sp³-hybridized carbons (Fsp3) is 0.357. The number of rotatable bonds is 1. The standard InChI is InChI=1S/C28H27P/c1-2-13-25(14-3-1)29-17-21-9-4-7-19-15-23-11-6-12-24-16-20-8-5-10-22(18-29)27(20)28(23,24)26(19)21/h1-5,7-10,13-14,23-24H,6,11-12,15-18H2/t23-,24-,28?/m0/s1. The zero-order valence-electron chi connectivity index (χ0n) is 16.9. The van der Waals surface area contributed by atoms with Gasteiger partial charge in [0.05, 0.1) is 0 Å². The Labute approximate surface area is 175 Å². The Hall–Kier alpha value is -1.91. The van der Waals surface area contributed by atoms with E-state index in [0.717, 1.165) is 11.8 Å². The van der Waals surface area contributed by atoms with Crippen molar-refractivity contribution in [3.63, 3.8) is 0 Å². The SMILES string of the molecule is c1ccc(P2Cc3cccc4c3C35c6c(cccc6C2)C[C@@H]3CCC[C@H]5C4)cc1. The summed E-state index contributed by atoms with van der Waals surface area (Å²) >= 11 is 0. The highest BCUT2D eigenvalue weighted by Gasteiger charge is 2.59. The Bertz CT molecular complexity index is 1040. The molecular formula is C28H27P. The first-order valence-electron chi connectivity index (χ1n) is 11.4. The van der Waals surface area contributed by atoms with Crippen LogP contribution in [0.2, 0.25) is 0 Å². The van der Waals surface area contributed by atoms with Crippen molar-refractivity contribution in [2.24, 2.45) is 11.8 Å². The van der Waals surface area contributed by atoms with Crippen molar-refractivity contribution in [2.45, 2.75) is 49.8 Å². The van der Waals surface area contributed by atoms with Gasteiger partial charge >= 0.3 is 0 Å². The third kappa shape index (κ3) is 2.14. The smallest absolute Gasteiger partial charge is 0.0276 e. The first kappa shape index (κ1) is 16.8. The molecule has 7 rings (SSSR count). The lowest BCUT2D eigenvalue weighted by Crippen LogP contribution is -2.42. The maximum absolute atomic E-state index is 2.49. The normalized spacial score (nSPS) is 31.0. The molecule has 3 aliphatic carbocycles. The molecule has 0 bridgehead atoms. The van der Waals surface area contributed by atoms with Crippen LogP contribution in [-0.2, 0) is 30.6 Å². The molecule has 0 aromatic heterocycles. The van der Waals surface area contributed by atoms with Crippen molar-refractivity contribution in [1.82, 2.24) is 0 Å². The van der Waals surface area contributed by atoms with E-state index in [1.165, 1.54) is 44.4 Å². The second-order valence-electron chi connectivity index (χ2n) is 9.70. The van der Waals surface area contributed by atoms with Crippen molar-refractivity contribution >= 4 is 13.2 Å². The molecule has 0 radical (unpaired) electrons. The third-order valence-corrected chi connectivity index (χ3v) is 10.9. The molecule has 4 aliphatic rings. The summed E-state index contributed by atoms with van der Waals surface area (Å²) in [6.45, 7) is 0. The lowest BCUT2D eigenvalue weighted by Gasteiger charge is -2.46. The van der Waals surface area contributed by atoms with E-state index in [2.05, 4.69) is 66.7 Å². The largest absolute Gasteiger partial charge is 0.0663 e. The first-order valence-corrected chi connectivity index (χ1v) is 13.1. The van der Waals surface area contributed by atoms with E-state index >= 15 is 0 Å². The van der Waals surface area contributed by atoms with Crippen molar-refractivity contribution < 1.29 is 0 Å². The Balaban J connectivity index is 1.54. The highest BCUT2D eigenvalue weighted by atomic mass is 31.1. The van der Waals surface area contributed by atoms with Gasteiger partial charge in [0.15, 0.2) is 0 Å². The molecule has 1 aliphatic heterocycles. The average molecular weight is 394 g/mol. The van der Waals surface area contributed by atoms with Gasteiger partial charge < -0.3 is 0 Å². The van der Waals surface area contributed by atoms with E-state index in [1.54, 1.807) is 38.7 Å². The van der Waals surface area contributed by atoms with Crippen LogP contribution in [0.15, 0.2) is 66.7 Å². The van der Waals surface area contributed by atoms with Crippen LogP contribution in [0.3, 0.4) is 0 Å². The van der Waals surface area contributed by atoms with Crippen molar-refractivity contribution in [2.75, 3.05) is 0 Å². The monoisotopic (exact) mass is 394 g/mol. The summed E-state index contributed by atoms with van der Waals surface area (Å²) in [6.07, 6.45) is 9.42. The fourth-order valence-corrected chi connectivity index (χ4v) is 10.1. The molecule has 3 aromatic carbocycles. The van der Waals surface area contributed by atoms with Crippen LogP contribution in [0, 0.1) is 11.8 Å². The zero-order chi connectivity index (χ0) is 19.0. The summed E-state index contributed by atoms with van der Waals surface area (Å²) in [5.74, 6) is 1.67. The van der Waals surface area contributed by atoms with Crippen molar-refractivity contribution in [1.29, 1.82) is 0 Å². The molecule has 3 aromatic rings. The lowest BCUT2D eigenvalue weighted by molar-refractivity contribution is 0.175. The summed E-state index contributed by atoms with van der Waals surface area (Å²) in [5, 5.41) is 1.57. The summed E-state index contributed by atoms with van der Waals surface area (Å²) in [4.78, 5) is 0. The molecule has 0 amide bonds. The maximum atomic E-state index is 2.49. The topological polar surface area (TPSA) is 0 Å². The van der Waals surface area contributed by atoms with Gasteiger partial charge in [-0.2, -0.15) is 0 Å². The van der Waals surface area contributed by atoms with Gasteiger partial charge in [0.2, 0.25) is 0 Å². The molecule has 144 valence electrons. The molecule has 2 atom stereocenters. The Morgan fingerprint density at radius 1 is 0.621 bits per heavy atom. The Morgan fingerprint density at radius 2 is 1.17 bits per heavy atom. The third-order valence-electron chi connectivity index (χ3n) is 8.47. The van der Waals surface area contributed by atoms with Crippen LogP contribution in [0.25, 0.3) is 0 Å². The van der Waals surface area contributed by atoms with E-state index in [9.17, 15) is 0 Å². The van der Waals surface area contributed by atoms with E-state index in [4.69, 9.17) is 0 Å². The lowest BCUT2D eigenvalue weighted by atomic mass is 9.58. The fourth-order valence-electron chi connectivity index (χ4n) is 7.66. The molecule has 1 heterocycles. The summed E-state index contributed by atoms with van der Waals surface area (Å²) in [5.41, 5.74) is 10.7. The van der Waals surface area contributed by atoms with Crippen LogP contribution in [-0.4, -0.2) is 0 Å². The van der Waals surface area contributed by atoms with Crippen LogP contribution in [0.5, 0.6) is 0 Å². The molecule has 0 N–H and O–H groups in total. The summed E-state index contributed by atoms with van der Waals surface area (Å²) in [6, 6.07) is 26.0. The second kappa shape index (κ2) is 6.05. The zero-order valence-corrected chi connectivity index (χ0v) is 17.8. The first-order chi connectivity index (χ1) is 14.4. The molecule has 0 nitrogen and oxygen atoms in total. The molecule has 1 fully saturated rings. The summed E-state index contributed by atoms with van der Waals surface area (Å²) < 4.78 is 0. The van der Waals surface area contributed by atoms with Gasteiger partial charge in [-0.05, 0) is 88.5 Å². The summed E-state index contributed by atoms with van der Waals surface area (Å²) in [7, 11) is -0.209. The molecule has 29 heavy (non-hydrogen) atoms. The van der Waals surface area contributed by atoms with Crippen LogP contribution >= 0.6 is 7.92 Å². The van der Waals surface area contributed by atoms with Gasteiger partial charge in [-0.1, -0.05) is 81.1 Å². The van der Waals surface area contributed by atoms with Crippen LogP contribution < -0.4 is 5.30 Å². The van der Waals surface area contributed by atoms with E-state index in [1.807, 2.05) is 0 Å². The van der Waals surface area contributed by atoms with E-state index in [0.29, 0.717) is 5.41 Å². The Kier molecular flexibility index (Phi) is 3.52. The minimum atomic E-state index is -0.209. The quantitative estimate of drug-likeness (QED) is 0.424. The van der Waals surface area contributed by atoms with Crippen LogP contribution in [0.1, 0.15) is 52.6 Å². The molecule has 0 saturated heterocycles. The molecule has 1 heteroatoms. The van der Waals surface area contributed by atoms with E-state index in [-0.39, 0.29) is 7.92 Å². The predicted octanol–water partition coefficient (Wildman–Crippen LogP) is 6.32. The molecule has 1 spiro atoms. The Morgan fingerprint density at radius 3 is 1.76 bits per heavy atom. The molecule has 0 unspecified atom stereocenters. The van der Waals surface area contributed by atoms with Gasteiger partial charge in [0.1, 0.15) is 0 Å². The molecule has 1 saturated carbocycles. The second-order valence-corrected chi connectivity index (χ2v) is 11.9. The minimum Gasteiger partial charge on any atom is -0.0663 e. The number of hydrogen-bond acceptors (Lipinski definition) is 0.